The van der Waals surface area contributed by atoms with Gasteiger partial charge >= 0.3 is 5.97 Å². The predicted molar refractivity (Wildman–Crippen MR) is 109 cm³/mol. The number of fused-ring (bicyclic) bond motifs is 1. The van der Waals surface area contributed by atoms with Gasteiger partial charge in [-0.25, -0.2) is 0 Å². The standard InChI is InChI=1S/C22H20ClNO5/c1-14(25)24-10-9-15-5-3-4-6-17(15)19(24)12-22(27)29-13-20(26)16-7-8-21(28-2)18(23)11-16/h3-11,19H,12-13H2,1-2H3/t19-/m0/s1. The van der Waals surface area contributed by atoms with Gasteiger partial charge in [0.25, 0.3) is 0 Å². The van der Waals surface area contributed by atoms with Crippen molar-refractivity contribution < 1.29 is 23.9 Å². The first-order valence-electron chi connectivity index (χ1n) is 8.99. The molecule has 0 spiro atoms. The molecule has 0 unspecified atom stereocenters. The third-order valence-corrected chi connectivity index (χ3v) is 4.96. The van der Waals surface area contributed by atoms with Gasteiger partial charge < -0.3 is 14.4 Å². The number of esters is 1. The Labute approximate surface area is 173 Å². The summed E-state index contributed by atoms with van der Waals surface area (Å²) in [7, 11) is 1.48. The van der Waals surface area contributed by atoms with Crippen molar-refractivity contribution >= 4 is 35.3 Å². The molecule has 150 valence electrons. The van der Waals surface area contributed by atoms with Crippen LogP contribution in [0, 0.1) is 0 Å². The molecule has 2 aromatic rings. The van der Waals surface area contributed by atoms with Crippen LogP contribution in [0.2, 0.25) is 5.02 Å². The van der Waals surface area contributed by atoms with Crippen LogP contribution in [0.1, 0.15) is 40.9 Å². The molecule has 0 radical (unpaired) electrons. The fourth-order valence-electron chi connectivity index (χ4n) is 3.20. The number of ketones is 1. The molecule has 1 aliphatic rings. The van der Waals surface area contributed by atoms with E-state index >= 15 is 0 Å². The van der Waals surface area contributed by atoms with E-state index in [1.165, 1.54) is 25.0 Å². The van der Waals surface area contributed by atoms with Crippen molar-refractivity contribution in [2.24, 2.45) is 0 Å². The van der Waals surface area contributed by atoms with E-state index in [1.807, 2.05) is 30.3 Å². The quantitative estimate of drug-likeness (QED) is 0.528. The van der Waals surface area contributed by atoms with E-state index in [4.69, 9.17) is 21.1 Å². The number of benzene rings is 2. The Bertz CT molecular complexity index is 985. The third-order valence-electron chi connectivity index (χ3n) is 4.67. The van der Waals surface area contributed by atoms with Crippen LogP contribution in [0.4, 0.5) is 0 Å². The molecule has 0 N–H and O–H groups in total. The SMILES string of the molecule is COc1ccc(C(=O)COC(=O)C[C@H]2c3ccccc3C=CN2C(C)=O)cc1Cl. The summed E-state index contributed by atoms with van der Waals surface area (Å²) in [4.78, 5) is 38.2. The summed E-state index contributed by atoms with van der Waals surface area (Å²) in [5, 5.41) is 0.298. The molecule has 0 saturated carbocycles. The Hall–Kier alpha value is -3.12. The molecule has 1 heterocycles. The van der Waals surface area contributed by atoms with E-state index < -0.39 is 18.6 Å². The van der Waals surface area contributed by atoms with Crippen molar-refractivity contribution in [2.45, 2.75) is 19.4 Å². The lowest BCUT2D eigenvalue weighted by atomic mass is 9.94. The lowest BCUT2D eigenvalue weighted by Crippen LogP contribution is -2.32. The second-order valence-electron chi connectivity index (χ2n) is 6.52. The van der Waals surface area contributed by atoms with Gasteiger partial charge in [0.1, 0.15) is 5.75 Å². The fraction of sp³-hybridized carbons (Fsp3) is 0.227. The number of carbonyl (C=O) groups is 3. The van der Waals surface area contributed by atoms with Crippen molar-refractivity contribution in [3.8, 4) is 5.75 Å². The Kier molecular flexibility index (Phi) is 6.34. The molecule has 0 saturated heterocycles. The maximum absolute atomic E-state index is 12.4. The van der Waals surface area contributed by atoms with Crippen LogP contribution >= 0.6 is 11.6 Å². The van der Waals surface area contributed by atoms with Crippen LogP contribution in [0.3, 0.4) is 0 Å². The molecule has 6 nitrogen and oxygen atoms in total. The van der Waals surface area contributed by atoms with Gasteiger partial charge in [-0.05, 0) is 35.4 Å². The second kappa shape index (κ2) is 8.92. The first-order chi connectivity index (χ1) is 13.9. The van der Waals surface area contributed by atoms with Gasteiger partial charge in [0, 0.05) is 18.7 Å². The van der Waals surface area contributed by atoms with Gasteiger partial charge in [0.05, 0.1) is 24.6 Å². The summed E-state index contributed by atoms with van der Waals surface area (Å²) >= 11 is 6.03. The monoisotopic (exact) mass is 413 g/mol. The van der Waals surface area contributed by atoms with E-state index in [2.05, 4.69) is 0 Å². The number of hydrogen-bond donors (Lipinski definition) is 0. The van der Waals surface area contributed by atoms with Crippen molar-refractivity contribution in [3.05, 3.63) is 70.4 Å². The molecule has 3 rings (SSSR count). The van der Waals surface area contributed by atoms with E-state index in [-0.39, 0.29) is 18.1 Å². The van der Waals surface area contributed by atoms with Crippen molar-refractivity contribution in [3.63, 3.8) is 0 Å². The highest BCUT2D eigenvalue weighted by atomic mass is 35.5. The molecule has 1 amide bonds. The number of ether oxygens (including phenoxy) is 2. The number of halogens is 1. The van der Waals surface area contributed by atoms with Gasteiger partial charge in [-0.1, -0.05) is 35.9 Å². The molecule has 0 aromatic heterocycles. The minimum absolute atomic E-state index is 0.0580. The number of rotatable bonds is 6. The minimum Gasteiger partial charge on any atom is -0.495 e. The molecule has 7 heteroatoms. The van der Waals surface area contributed by atoms with E-state index in [1.54, 1.807) is 18.3 Å². The number of methoxy groups -OCH3 is 1. The summed E-state index contributed by atoms with van der Waals surface area (Å²) in [6.07, 6.45) is 3.43. The Morgan fingerprint density at radius 2 is 1.90 bits per heavy atom. The maximum Gasteiger partial charge on any atom is 0.308 e. The second-order valence-corrected chi connectivity index (χ2v) is 6.93. The summed E-state index contributed by atoms with van der Waals surface area (Å²) in [6.45, 7) is 1.03. The number of carbonyl (C=O) groups excluding carboxylic acids is 3. The molecule has 0 aliphatic carbocycles. The van der Waals surface area contributed by atoms with Gasteiger partial charge in [0.2, 0.25) is 5.91 Å². The topological polar surface area (TPSA) is 72.9 Å². The normalized spacial score (nSPS) is 14.9. The molecular formula is C22H20ClNO5. The lowest BCUT2D eigenvalue weighted by Gasteiger charge is -2.32. The largest absolute Gasteiger partial charge is 0.495 e. The van der Waals surface area contributed by atoms with Crippen molar-refractivity contribution in [2.75, 3.05) is 13.7 Å². The lowest BCUT2D eigenvalue weighted by molar-refractivity contribution is -0.144. The third kappa shape index (κ3) is 4.66. The van der Waals surface area contributed by atoms with Gasteiger partial charge in [-0.2, -0.15) is 0 Å². The number of nitrogens with zero attached hydrogens (tertiary/aromatic N) is 1. The fourth-order valence-corrected chi connectivity index (χ4v) is 3.46. The van der Waals surface area contributed by atoms with E-state index in [0.29, 0.717) is 16.3 Å². The van der Waals surface area contributed by atoms with Crippen LogP contribution in [0.25, 0.3) is 6.08 Å². The summed E-state index contributed by atoms with van der Waals surface area (Å²) in [5.41, 5.74) is 2.11. The molecule has 1 aliphatic heterocycles. The van der Waals surface area contributed by atoms with Crippen LogP contribution in [0.15, 0.2) is 48.7 Å². The number of Topliss-reactive ketones (excluding diaryl/α,β-unsaturated/α-hetero) is 1. The molecule has 2 aromatic carbocycles. The first kappa shape index (κ1) is 20.6. The van der Waals surface area contributed by atoms with Crippen LogP contribution < -0.4 is 4.74 Å². The average molecular weight is 414 g/mol. The molecule has 29 heavy (non-hydrogen) atoms. The number of hydrogen-bond acceptors (Lipinski definition) is 5. The van der Waals surface area contributed by atoms with Gasteiger partial charge in [-0.15, -0.1) is 0 Å². The summed E-state index contributed by atoms with van der Waals surface area (Å²) in [6, 6.07) is 11.7. The van der Waals surface area contributed by atoms with Crippen LogP contribution in [0.5, 0.6) is 5.75 Å². The van der Waals surface area contributed by atoms with E-state index in [0.717, 1.165) is 11.1 Å². The zero-order valence-corrected chi connectivity index (χ0v) is 16.8. The highest BCUT2D eigenvalue weighted by molar-refractivity contribution is 6.32. The van der Waals surface area contributed by atoms with E-state index in [9.17, 15) is 14.4 Å². The van der Waals surface area contributed by atoms with Gasteiger partial charge in [-0.3, -0.25) is 14.4 Å². The van der Waals surface area contributed by atoms with Gasteiger partial charge in [0.15, 0.2) is 12.4 Å². The van der Waals surface area contributed by atoms with Crippen LogP contribution in [-0.4, -0.2) is 36.3 Å². The molecular weight excluding hydrogens is 394 g/mol. The summed E-state index contributed by atoms with van der Waals surface area (Å²) in [5.74, 6) is -0.680. The highest BCUT2D eigenvalue weighted by Crippen LogP contribution is 2.33. The zero-order valence-electron chi connectivity index (χ0n) is 16.1. The Morgan fingerprint density at radius 3 is 2.59 bits per heavy atom. The predicted octanol–water partition coefficient (Wildman–Crippen LogP) is 4.04. The first-order valence-corrected chi connectivity index (χ1v) is 9.37. The number of amides is 1. The minimum atomic E-state index is -0.570. The molecule has 0 bridgehead atoms. The summed E-state index contributed by atoms with van der Waals surface area (Å²) < 4.78 is 10.2. The Morgan fingerprint density at radius 1 is 1.14 bits per heavy atom. The zero-order chi connectivity index (χ0) is 21.0. The average Bonchev–Trinajstić information content (AvgIpc) is 2.72. The van der Waals surface area contributed by atoms with Crippen LogP contribution in [-0.2, 0) is 14.3 Å². The smallest absolute Gasteiger partial charge is 0.308 e. The highest BCUT2D eigenvalue weighted by Gasteiger charge is 2.29. The molecule has 0 fully saturated rings. The van der Waals surface area contributed by atoms with Crippen molar-refractivity contribution in [1.29, 1.82) is 0 Å². The Balaban J connectivity index is 1.66. The maximum atomic E-state index is 12.4. The molecule has 1 atom stereocenters. The van der Waals surface area contributed by atoms with Crippen molar-refractivity contribution in [1.82, 2.24) is 4.90 Å².